The van der Waals surface area contributed by atoms with Crippen LogP contribution in [0.5, 0.6) is 0 Å². The number of hydrogen-bond acceptors (Lipinski definition) is 2. The first-order chi connectivity index (χ1) is 8.20. The molecule has 0 amide bonds. The standard InChI is InChI=1S/C14H19FO2/c1-17-9-10-2-7-14(16)13(8-10)11-3-5-12(15)6-4-11/h3-6,10,13-14,16H,2,7-9H2,1H3/t10-,13+,14-/m0/s1. The maximum absolute atomic E-state index is 12.9. The summed E-state index contributed by atoms with van der Waals surface area (Å²) in [5, 5.41) is 10.0. The molecule has 0 radical (unpaired) electrons. The highest BCUT2D eigenvalue weighted by molar-refractivity contribution is 5.22. The van der Waals surface area contributed by atoms with E-state index in [1.54, 1.807) is 19.2 Å². The largest absolute Gasteiger partial charge is 0.392 e. The Morgan fingerprint density at radius 1 is 1.29 bits per heavy atom. The van der Waals surface area contributed by atoms with Gasteiger partial charge < -0.3 is 9.84 Å². The summed E-state index contributed by atoms with van der Waals surface area (Å²) in [4.78, 5) is 0. The molecule has 17 heavy (non-hydrogen) atoms. The van der Waals surface area contributed by atoms with Gasteiger partial charge in [-0.25, -0.2) is 4.39 Å². The quantitative estimate of drug-likeness (QED) is 0.877. The van der Waals surface area contributed by atoms with Gasteiger partial charge in [-0.1, -0.05) is 12.1 Å². The fraction of sp³-hybridized carbons (Fsp3) is 0.571. The molecule has 0 heterocycles. The molecule has 0 aromatic heterocycles. The molecule has 2 nitrogen and oxygen atoms in total. The molecule has 2 rings (SSSR count). The number of aliphatic hydroxyl groups is 1. The summed E-state index contributed by atoms with van der Waals surface area (Å²) in [5.74, 6) is 0.385. The fourth-order valence-corrected chi connectivity index (χ4v) is 2.70. The van der Waals surface area contributed by atoms with E-state index in [0.717, 1.165) is 31.4 Å². The molecule has 0 unspecified atom stereocenters. The molecule has 0 saturated heterocycles. The predicted molar refractivity (Wildman–Crippen MR) is 64.4 cm³/mol. The topological polar surface area (TPSA) is 29.5 Å². The van der Waals surface area contributed by atoms with E-state index in [-0.39, 0.29) is 17.8 Å². The van der Waals surface area contributed by atoms with Crippen LogP contribution in [0, 0.1) is 11.7 Å². The van der Waals surface area contributed by atoms with E-state index >= 15 is 0 Å². The molecule has 1 fully saturated rings. The summed E-state index contributed by atoms with van der Waals surface area (Å²) in [7, 11) is 1.71. The second-order valence-corrected chi connectivity index (χ2v) is 4.86. The second-order valence-electron chi connectivity index (χ2n) is 4.86. The predicted octanol–water partition coefficient (Wildman–Crippen LogP) is 2.72. The summed E-state index contributed by atoms with van der Waals surface area (Å²) in [5.41, 5.74) is 1.03. The first-order valence-electron chi connectivity index (χ1n) is 6.13. The van der Waals surface area contributed by atoms with Gasteiger partial charge in [0, 0.05) is 19.6 Å². The first-order valence-corrected chi connectivity index (χ1v) is 6.13. The van der Waals surface area contributed by atoms with Gasteiger partial charge in [-0.05, 0) is 42.9 Å². The van der Waals surface area contributed by atoms with Crippen molar-refractivity contribution in [2.45, 2.75) is 31.3 Å². The Bertz CT molecular complexity index is 350. The molecule has 1 aromatic carbocycles. The molecule has 94 valence electrons. The Labute approximate surface area is 101 Å². The van der Waals surface area contributed by atoms with Gasteiger partial charge in [-0.3, -0.25) is 0 Å². The zero-order chi connectivity index (χ0) is 12.3. The van der Waals surface area contributed by atoms with Crippen molar-refractivity contribution in [1.29, 1.82) is 0 Å². The van der Waals surface area contributed by atoms with Crippen LogP contribution in [0.4, 0.5) is 4.39 Å². The van der Waals surface area contributed by atoms with Gasteiger partial charge in [0.05, 0.1) is 6.10 Å². The smallest absolute Gasteiger partial charge is 0.123 e. The molecule has 3 atom stereocenters. The van der Waals surface area contributed by atoms with Crippen LogP contribution in [0.2, 0.25) is 0 Å². The third kappa shape index (κ3) is 3.05. The first kappa shape index (κ1) is 12.5. The number of methoxy groups -OCH3 is 1. The minimum Gasteiger partial charge on any atom is -0.392 e. The number of halogens is 1. The van der Waals surface area contributed by atoms with Crippen LogP contribution >= 0.6 is 0 Å². The lowest BCUT2D eigenvalue weighted by atomic mass is 9.76. The summed E-state index contributed by atoms with van der Waals surface area (Å²) in [6.07, 6.45) is 2.41. The molecule has 0 aliphatic heterocycles. The minimum atomic E-state index is -0.312. The zero-order valence-electron chi connectivity index (χ0n) is 10.1. The molecule has 0 bridgehead atoms. The van der Waals surface area contributed by atoms with Crippen molar-refractivity contribution < 1.29 is 14.2 Å². The van der Waals surface area contributed by atoms with Crippen LogP contribution in [0.15, 0.2) is 24.3 Å². The van der Waals surface area contributed by atoms with Gasteiger partial charge >= 0.3 is 0 Å². The fourth-order valence-electron chi connectivity index (χ4n) is 2.70. The Morgan fingerprint density at radius 3 is 2.65 bits per heavy atom. The number of hydrogen-bond donors (Lipinski definition) is 1. The van der Waals surface area contributed by atoms with Gasteiger partial charge in [0.2, 0.25) is 0 Å². The molecular weight excluding hydrogens is 219 g/mol. The average molecular weight is 238 g/mol. The van der Waals surface area contributed by atoms with Gasteiger partial charge in [-0.15, -0.1) is 0 Å². The Hall–Kier alpha value is -0.930. The molecule has 3 heteroatoms. The molecular formula is C14H19FO2. The monoisotopic (exact) mass is 238 g/mol. The summed E-state index contributed by atoms with van der Waals surface area (Å²) in [6, 6.07) is 6.47. The van der Waals surface area contributed by atoms with Crippen molar-refractivity contribution in [3.63, 3.8) is 0 Å². The normalized spacial score (nSPS) is 29.2. The lowest BCUT2D eigenvalue weighted by Gasteiger charge is -2.33. The Kier molecular flexibility index (Phi) is 4.13. The van der Waals surface area contributed by atoms with E-state index in [2.05, 4.69) is 0 Å². The maximum Gasteiger partial charge on any atom is 0.123 e. The summed E-state index contributed by atoms with van der Waals surface area (Å²) < 4.78 is 18.0. The summed E-state index contributed by atoms with van der Waals surface area (Å²) in [6.45, 7) is 0.740. The van der Waals surface area contributed by atoms with Crippen LogP contribution in [0.25, 0.3) is 0 Å². The molecule has 1 aromatic rings. The van der Waals surface area contributed by atoms with Gasteiger partial charge in [0.25, 0.3) is 0 Å². The third-order valence-electron chi connectivity index (χ3n) is 3.62. The maximum atomic E-state index is 12.9. The van der Waals surface area contributed by atoms with Crippen molar-refractivity contribution in [2.24, 2.45) is 5.92 Å². The van der Waals surface area contributed by atoms with E-state index in [1.807, 2.05) is 0 Å². The number of rotatable bonds is 3. The van der Waals surface area contributed by atoms with Crippen LogP contribution in [0.1, 0.15) is 30.7 Å². The molecule has 1 aliphatic carbocycles. The van der Waals surface area contributed by atoms with E-state index < -0.39 is 0 Å². The molecule has 1 N–H and O–H groups in total. The van der Waals surface area contributed by atoms with Gasteiger partial charge in [0.15, 0.2) is 0 Å². The second kappa shape index (κ2) is 5.61. The third-order valence-corrected chi connectivity index (χ3v) is 3.62. The van der Waals surface area contributed by atoms with E-state index in [9.17, 15) is 9.50 Å². The van der Waals surface area contributed by atoms with Crippen LogP contribution < -0.4 is 0 Å². The van der Waals surface area contributed by atoms with E-state index in [0.29, 0.717) is 5.92 Å². The highest BCUT2D eigenvalue weighted by atomic mass is 19.1. The lowest BCUT2D eigenvalue weighted by molar-refractivity contribution is 0.0537. The van der Waals surface area contributed by atoms with Crippen molar-refractivity contribution in [3.05, 3.63) is 35.6 Å². The highest BCUT2D eigenvalue weighted by Gasteiger charge is 2.30. The van der Waals surface area contributed by atoms with Crippen molar-refractivity contribution in [2.75, 3.05) is 13.7 Å². The molecule has 1 aliphatic rings. The average Bonchev–Trinajstić information content (AvgIpc) is 2.33. The van der Waals surface area contributed by atoms with Crippen molar-refractivity contribution >= 4 is 0 Å². The van der Waals surface area contributed by atoms with E-state index in [4.69, 9.17) is 4.74 Å². The van der Waals surface area contributed by atoms with Gasteiger partial charge in [-0.2, -0.15) is 0 Å². The zero-order valence-corrected chi connectivity index (χ0v) is 10.1. The highest BCUT2D eigenvalue weighted by Crippen LogP contribution is 2.36. The number of aliphatic hydroxyl groups excluding tert-OH is 1. The van der Waals surface area contributed by atoms with Crippen LogP contribution in [-0.2, 0) is 4.74 Å². The van der Waals surface area contributed by atoms with Gasteiger partial charge in [0.1, 0.15) is 5.82 Å². The molecule has 0 spiro atoms. The number of ether oxygens (including phenoxy) is 1. The Morgan fingerprint density at radius 2 is 2.00 bits per heavy atom. The minimum absolute atomic E-state index is 0.115. The number of benzene rings is 1. The van der Waals surface area contributed by atoms with Crippen molar-refractivity contribution in [3.8, 4) is 0 Å². The van der Waals surface area contributed by atoms with Crippen molar-refractivity contribution in [1.82, 2.24) is 0 Å². The molecule has 1 saturated carbocycles. The van der Waals surface area contributed by atoms with Crippen LogP contribution in [0.3, 0.4) is 0 Å². The van der Waals surface area contributed by atoms with Crippen LogP contribution in [-0.4, -0.2) is 24.9 Å². The summed E-state index contributed by atoms with van der Waals surface area (Å²) >= 11 is 0. The van der Waals surface area contributed by atoms with E-state index in [1.165, 1.54) is 12.1 Å². The lowest BCUT2D eigenvalue weighted by Crippen LogP contribution is -2.29. The Balaban J connectivity index is 2.09. The SMILES string of the molecule is COC[C@H]1CC[C@H](O)[C@@H](c2ccc(F)cc2)C1.